The van der Waals surface area contributed by atoms with Gasteiger partial charge in [0.2, 0.25) is 0 Å². The summed E-state index contributed by atoms with van der Waals surface area (Å²) in [6, 6.07) is 48.7. The smallest absolute Gasteiger partial charge is 0.142 e. The van der Waals surface area contributed by atoms with Gasteiger partial charge >= 0.3 is 0 Å². The van der Waals surface area contributed by atoms with Crippen molar-refractivity contribution in [2.45, 2.75) is 63.2 Å². The number of aryl methyl sites for hydroxylation is 2. The highest BCUT2D eigenvalue weighted by atomic mass is 16.3. The number of hydrogen-bond donors (Lipinski definition) is 0. The SMILES string of the molecule is c1ccc(C(c2ccccc2)c2coc3c(-c4c5c(cc6c(C(c7ccccc7)c7ccccc7)coc46)CCCC5)c4c(cc23)CCCC4)cc1. The zero-order valence-electron chi connectivity index (χ0n) is 29.5. The van der Waals surface area contributed by atoms with Crippen LogP contribution < -0.4 is 0 Å². The minimum atomic E-state index is 0.0653. The van der Waals surface area contributed by atoms with Crippen molar-refractivity contribution < 1.29 is 8.83 Å². The average molecular weight is 675 g/mol. The van der Waals surface area contributed by atoms with Crippen molar-refractivity contribution in [1.29, 1.82) is 0 Å². The lowest BCUT2D eigenvalue weighted by atomic mass is 9.77. The van der Waals surface area contributed by atoms with Crippen LogP contribution in [0.1, 0.15) is 93.2 Å². The summed E-state index contributed by atoms with van der Waals surface area (Å²) in [6.45, 7) is 0. The Labute approximate surface area is 305 Å². The molecule has 2 heteroatoms. The van der Waals surface area contributed by atoms with E-state index in [2.05, 4.69) is 146 Å². The molecule has 254 valence electrons. The molecule has 2 aliphatic carbocycles. The fourth-order valence-electron chi connectivity index (χ4n) is 9.48. The summed E-state index contributed by atoms with van der Waals surface area (Å²) in [6.07, 6.45) is 13.3. The van der Waals surface area contributed by atoms with Crippen LogP contribution >= 0.6 is 0 Å². The van der Waals surface area contributed by atoms with Crippen molar-refractivity contribution in [2.75, 3.05) is 0 Å². The summed E-state index contributed by atoms with van der Waals surface area (Å²) in [5.74, 6) is 0.131. The van der Waals surface area contributed by atoms with Crippen LogP contribution in [-0.2, 0) is 25.7 Å². The van der Waals surface area contributed by atoms with Gasteiger partial charge in [0.1, 0.15) is 11.2 Å². The van der Waals surface area contributed by atoms with E-state index in [1.807, 2.05) is 0 Å². The van der Waals surface area contributed by atoms with Crippen LogP contribution in [0.4, 0.5) is 0 Å². The molecule has 0 saturated heterocycles. The summed E-state index contributed by atoms with van der Waals surface area (Å²) in [4.78, 5) is 0. The van der Waals surface area contributed by atoms with Gasteiger partial charge in [-0.05, 0) is 108 Å². The van der Waals surface area contributed by atoms with Gasteiger partial charge in [0, 0.05) is 44.9 Å². The first-order valence-electron chi connectivity index (χ1n) is 19.2. The molecule has 0 N–H and O–H groups in total. The molecular formula is C50H42O2. The zero-order valence-corrected chi connectivity index (χ0v) is 29.5. The molecule has 0 saturated carbocycles. The Morgan fingerprint density at radius 3 is 1.06 bits per heavy atom. The van der Waals surface area contributed by atoms with Crippen LogP contribution in [0.5, 0.6) is 0 Å². The van der Waals surface area contributed by atoms with Crippen LogP contribution in [0, 0.1) is 0 Å². The standard InChI is InChI=1S/C50H42O2/c1-5-17-33(18-6-1)45(34-19-7-2-8-20-34)43-31-51-49-41(43)29-37-25-13-15-27-39(37)47(49)48-40-28-16-14-26-38(40)30-42-44(32-52-50(42)48)46(35-21-9-3-10-22-35)36-23-11-4-12-24-36/h1-12,17-24,29-32,45-46H,13-16,25-28H2. The predicted octanol–water partition coefficient (Wildman–Crippen LogP) is 13.0. The molecule has 2 heterocycles. The molecule has 10 rings (SSSR count). The Kier molecular flexibility index (Phi) is 7.90. The molecule has 0 atom stereocenters. The van der Waals surface area contributed by atoms with E-state index >= 15 is 0 Å². The zero-order chi connectivity index (χ0) is 34.4. The lowest BCUT2D eigenvalue weighted by Gasteiger charge is -2.26. The molecule has 0 unspecified atom stereocenters. The number of rotatable bonds is 7. The van der Waals surface area contributed by atoms with E-state index in [-0.39, 0.29) is 11.8 Å². The number of hydrogen-bond acceptors (Lipinski definition) is 2. The molecular weight excluding hydrogens is 633 g/mol. The fraction of sp³-hybridized carbons (Fsp3) is 0.200. The van der Waals surface area contributed by atoms with Crippen molar-refractivity contribution in [2.24, 2.45) is 0 Å². The first kappa shape index (κ1) is 31.2. The van der Waals surface area contributed by atoms with Gasteiger partial charge < -0.3 is 8.83 Å². The molecule has 2 aliphatic rings. The van der Waals surface area contributed by atoms with E-state index in [0.717, 1.165) is 36.8 Å². The van der Waals surface area contributed by atoms with Crippen LogP contribution in [0.25, 0.3) is 33.1 Å². The molecule has 52 heavy (non-hydrogen) atoms. The van der Waals surface area contributed by atoms with Crippen molar-refractivity contribution in [3.8, 4) is 11.1 Å². The summed E-state index contributed by atoms with van der Waals surface area (Å²) < 4.78 is 13.8. The molecule has 6 aromatic carbocycles. The van der Waals surface area contributed by atoms with Gasteiger partial charge in [0.05, 0.1) is 12.5 Å². The fourth-order valence-corrected chi connectivity index (χ4v) is 9.48. The summed E-state index contributed by atoms with van der Waals surface area (Å²) >= 11 is 0. The highest BCUT2D eigenvalue weighted by Gasteiger charge is 2.32. The second kappa shape index (κ2) is 13.2. The second-order valence-corrected chi connectivity index (χ2v) is 14.8. The van der Waals surface area contributed by atoms with Gasteiger partial charge in [0.15, 0.2) is 0 Å². The maximum atomic E-state index is 6.92. The van der Waals surface area contributed by atoms with Gasteiger partial charge in [-0.15, -0.1) is 0 Å². The molecule has 8 aromatic rings. The molecule has 2 aromatic heterocycles. The largest absolute Gasteiger partial charge is 0.463 e. The van der Waals surface area contributed by atoms with E-state index in [1.165, 1.54) is 103 Å². The van der Waals surface area contributed by atoms with Crippen LogP contribution in [0.2, 0.25) is 0 Å². The predicted molar refractivity (Wildman–Crippen MR) is 212 cm³/mol. The van der Waals surface area contributed by atoms with E-state index in [1.54, 1.807) is 0 Å². The van der Waals surface area contributed by atoms with Gasteiger partial charge in [0.25, 0.3) is 0 Å². The number of benzene rings is 6. The van der Waals surface area contributed by atoms with Gasteiger partial charge in [-0.25, -0.2) is 0 Å². The summed E-state index contributed by atoms with van der Waals surface area (Å²) in [5, 5.41) is 2.46. The van der Waals surface area contributed by atoms with Crippen molar-refractivity contribution in [1.82, 2.24) is 0 Å². The monoisotopic (exact) mass is 674 g/mol. The molecule has 2 nitrogen and oxygen atoms in total. The molecule has 0 radical (unpaired) electrons. The molecule has 0 amide bonds. The Morgan fingerprint density at radius 2 is 0.712 bits per heavy atom. The van der Waals surface area contributed by atoms with Crippen LogP contribution in [0.3, 0.4) is 0 Å². The maximum Gasteiger partial charge on any atom is 0.142 e. The van der Waals surface area contributed by atoms with Gasteiger partial charge in [-0.3, -0.25) is 0 Å². The number of furan rings is 2. The highest BCUT2D eigenvalue weighted by molar-refractivity contribution is 6.07. The lowest BCUT2D eigenvalue weighted by molar-refractivity contribution is 0.603. The Bertz CT molecular complexity index is 2250. The quantitative estimate of drug-likeness (QED) is 0.168. The molecule has 0 spiro atoms. The summed E-state index contributed by atoms with van der Waals surface area (Å²) in [7, 11) is 0. The van der Waals surface area contributed by atoms with E-state index in [0.29, 0.717) is 0 Å². The van der Waals surface area contributed by atoms with E-state index in [4.69, 9.17) is 8.83 Å². The van der Waals surface area contributed by atoms with E-state index < -0.39 is 0 Å². The normalized spacial score (nSPS) is 14.3. The van der Waals surface area contributed by atoms with Gasteiger partial charge in [-0.1, -0.05) is 121 Å². The summed E-state index contributed by atoms with van der Waals surface area (Å²) in [5.41, 5.74) is 18.0. The van der Waals surface area contributed by atoms with Crippen LogP contribution in [-0.4, -0.2) is 0 Å². The maximum absolute atomic E-state index is 6.92. The van der Waals surface area contributed by atoms with Crippen molar-refractivity contribution >= 4 is 21.9 Å². The number of fused-ring (bicyclic) bond motifs is 4. The topological polar surface area (TPSA) is 26.3 Å². The molecule has 0 bridgehead atoms. The Balaban J connectivity index is 1.26. The highest BCUT2D eigenvalue weighted by Crippen LogP contribution is 2.50. The van der Waals surface area contributed by atoms with Gasteiger partial charge in [-0.2, -0.15) is 0 Å². The van der Waals surface area contributed by atoms with E-state index in [9.17, 15) is 0 Å². The minimum absolute atomic E-state index is 0.0653. The average Bonchev–Trinajstić information content (AvgIpc) is 3.82. The first-order chi connectivity index (χ1) is 25.8. The molecule has 0 fully saturated rings. The third kappa shape index (κ3) is 5.23. The first-order valence-corrected chi connectivity index (χ1v) is 19.2. The third-order valence-electron chi connectivity index (χ3n) is 11.8. The lowest BCUT2D eigenvalue weighted by Crippen LogP contribution is -2.10. The van der Waals surface area contributed by atoms with Crippen LogP contribution in [0.15, 0.2) is 155 Å². The third-order valence-corrected chi connectivity index (χ3v) is 11.8. The van der Waals surface area contributed by atoms with Crippen molar-refractivity contribution in [3.63, 3.8) is 0 Å². The second-order valence-electron chi connectivity index (χ2n) is 14.8. The van der Waals surface area contributed by atoms with Crippen molar-refractivity contribution in [3.05, 3.63) is 202 Å². The Morgan fingerprint density at radius 1 is 0.385 bits per heavy atom. The Hall–Kier alpha value is -5.60. The minimum Gasteiger partial charge on any atom is -0.463 e. The molecule has 0 aliphatic heterocycles.